The predicted molar refractivity (Wildman–Crippen MR) is 136 cm³/mol. The van der Waals surface area contributed by atoms with Crippen molar-refractivity contribution in [2.45, 2.75) is 39.0 Å². The van der Waals surface area contributed by atoms with E-state index in [-0.39, 0.29) is 36.8 Å². The van der Waals surface area contributed by atoms with Crippen LogP contribution in [-0.4, -0.2) is 58.7 Å². The fourth-order valence-electron chi connectivity index (χ4n) is 4.19. The number of amides is 3. The van der Waals surface area contributed by atoms with E-state index >= 15 is 0 Å². The van der Waals surface area contributed by atoms with Gasteiger partial charge in [0.1, 0.15) is 17.1 Å². The standard InChI is InChI=1S/C27H30FN5O5/c1-5-38-23-12-18(8-11-22(23)37-4)15-29-24(34)20-13-21-25(35)32(3)27(2,16-33(21)31-20)26(36)30-14-17-6-9-19(28)10-7-17/h6-13H,5,14-16H2,1-4H3,(H,29,34)(H,30,36)/t27-/m0/s1. The van der Waals surface area contributed by atoms with Gasteiger partial charge in [-0.3, -0.25) is 19.1 Å². The molecule has 1 aromatic heterocycles. The summed E-state index contributed by atoms with van der Waals surface area (Å²) in [6, 6.07) is 12.6. The van der Waals surface area contributed by atoms with Crippen LogP contribution in [-0.2, 0) is 24.4 Å². The van der Waals surface area contributed by atoms with Gasteiger partial charge >= 0.3 is 0 Å². The van der Waals surface area contributed by atoms with E-state index in [1.54, 1.807) is 38.3 Å². The molecule has 10 nitrogen and oxygen atoms in total. The Morgan fingerprint density at radius 3 is 2.42 bits per heavy atom. The zero-order valence-corrected chi connectivity index (χ0v) is 21.7. The molecule has 4 rings (SSSR count). The first kappa shape index (κ1) is 26.6. The molecule has 1 atom stereocenters. The van der Waals surface area contributed by atoms with Gasteiger partial charge in [0.25, 0.3) is 11.8 Å². The summed E-state index contributed by atoms with van der Waals surface area (Å²) in [5, 5.41) is 9.93. The van der Waals surface area contributed by atoms with Crippen LogP contribution in [0.1, 0.15) is 46.0 Å². The summed E-state index contributed by atoms with van der Waals surface area (Å²) in [6.45, 7) is 4.42. The van der Waals surface area contributed by atoms with Crippen molar-refractivity contribution in [3.05, 3.63) is 76.9 Å². The highest BCUT2D eigenvalue weighted by atomic mass is 19.1. The monoisotopic (exact) mass is 523 g/mol. The maximum atomic E-state index is 13.2. The van der Waals surface area contributed by atoms with Gasteiger partial charge in [-0.25, -0.2) is 4.39 Å². The fraction of sp³-hybridized carbons (Fsp3) is 0.333. The second kappa shape index (κ2) is 10.9. The van der Waals surface area contributed by atoms with Crippen LogP contribution < -0.4 is 20.1 Å². The van der Waals surface area contributed by atoms with E-state index in [2.05, 4.69) is 15.7 Å². The molecule has 0 aliphatic carbocycles. The Morgan fingerprint density at radius 2 is 1.74 bits per heavy atom. The number of likely N-dealkylation sites (N-methyl/N-ethyl adjacent to an activating group) is 1. The highest BCUT2D eigenvalue weighted by Crippen LogP contribution is 2.28. The van der Waals surface area contributed by atoms with Crippen LogP contribution >= 0.6 is 0 Å². The molecule has 3 amide bonds. The largest absolute Gasteiger partial charge is 0.493 e. The third-order valence-electron chi connectivity index (χ3n) is 6.57. The topological polar surface area (TPSA) is 115 Å². The molecule has 0 spiro atoms. The minimum Gasteiger partial charge on any atom is -0.493 e. The number of carbonyl (C=O) groups excluding carboxylic acids is 3. The van der Waals surface area contributed by atoms with Crippen LogP contribution in [0.25, 0.3) is 0 Å². The molecule has 1 aliphatic heterocycles. The van der Waals surface area contributed by atoms with Gasteiger partial charge in [0.2, 0.25) is 5.91 Å². The lowest BCUT2D eigenvalue weighted by Gasteiger charge is -2.40. The second-order valence-electron chi connectivity index (χ2n) is 9.12. The number of benzene rings is 2. The first-order valence-electron chi connectivity index (χ1n) is 12.1. The molecule has 0 saturated heterocycles. The van der Waals surface area contributed by atoms with Gasteiger partial charge in [-0.2, -0.15) is 5.10 Å². The van der Waals surface area contributed by atoms with Crippen molar-refractivity contribution in [1.82, 2.24) is 25.3 Å². The Hall–Kier alpha value is -4.41. The number of methoxy groups -OCH3 is 1. The predicted octanol–water partition coefficient (Wildman–Crippen LogP) is 2.52. The average Bonchev–Trinajstić information content (AvgIpc) is 3.34. The van der Waals surface area contributed by atoms with Crippen molar-refractivity contribution in [3.63, 3.8) is 0 Å². The summed E-state index contributed by atoms with van der Waals surface area (Å²) >= 11 is 0. The average molecular weight is 524 g/mol. The summed E-state index contributed by atoms with van der Waals surface area (Å²) in [7, 11) is 3.09. The number of fused-ring (bicyclic) bond motifs is 1. The molecule has 200 valence electrons. The minimum absolute atomic E-state index is 0.0588. The van der Waals surface area contributed by atoms with Gasteiger partial charge in [0, 0.05) is 26.2 Å². The van der Waals surface area contributed by atoms with E-state index in [0.717, 1.165) is 11.1 Å². The smallest absolute Gasteiger partial charge is 0.272 e. The SMILES string of the molecule is CCOc1cc(CNC(=O)c2cc3n(n2)C[C@@](C)(C(=O)NCc2ccc(F)cc2)N(C)C3=O)ccc1OC. The minimum atomic E-state index is -1.25. The molecule has 0 saturated carbocycles. The van der Waals surface area contributed by atoms with Gasteiger partial charge in [-0.15, -0.1) is 0 Å². The number of hydrogen-bond donors (Lipinski definition) is 2. The lowest BCUT2D eigenvalue weighted by molar-refractivity contribution is -0.132. The molecule has 0 radical (unpaired) electrons. The van der Waals surface area contributed by atoms with Crippen molar-refractivity contribution in [3.8, 4) is 11.5 Å². The Balaban J connectivity index is 1.45. The van der Waals surface area contributed by atoms with Crippen molar-refractivity contribution in [1.29, 1.82) is 0 Å². The number of halogens is 1. The zero-order valence-electron chi connectivity index (χ0n) is 21.7. The first-order valence-corrected chi connectivity index (χ1v) is 12.1. The van der Waals surface area contributed by atoms with Gasteiger partial charge in [-0.05, 0) is 49.2 Å². The molecule has 3 aromatic rings. The third kappa shape index (κ3) is 5.31. The number of ether oxygens (including phenoxy) is 2. The van der Waals surface area contributed by atoms with Crippen molar-refractivity contribution < 1.29 is 28.2 Å². The molecular formula is C27H30FN5O5. The van der Waals surface area contributed by atoms with E-state index in [1.165, 1.54) is 34.8 Å². The number of hydrogen-bond acceptors (Lipinski definition) is 6. The van der Waals surface area contributed by atoms with Crippen LogP contribution in [0.3, 0.4) is 0 Å². The van der Waals surface area contributed by atoms with E-state index in [1.807, 2.05) is 13.0 Å². The maximum Gasteiger partial charge on any atom is 0.272 e. The van der Waals surface area contributed by atoms with Gasteiger partial charge in [0.15, 0.2) is 17.2 Å². The lowest BCUT2D eigenvalue weighted by Crippen LogP contribution is -2.62. The molecule has 0 bridgehead atoms. The molecule has 0 unspecified atom stereocenters. The highest BCUT2D eigenvalue weighted by Gasteiger charge is 2.46. The number of nitrogens with one attached hydrogen (secondary N) is 2. The van der Waals surface area contributed by atoms with E-state index in [9.17, 15) is 18.8 Å². The molecule has 2 N–H and O–H groups in total. The lowest BCUT2D eigenvalue weighted by atomic mass is 9.96. The number of rotatable bonds is 9. The highest BCUT2D eigenvalue weighted by molar-refractivity contribution is 6.01. The molecule has 1 aliphatic rings. The molecule has 11 heteroatoms. The summed E-state index contributed by atoms with van der Waals surface area (Å²) in [5.41, 5.74) is 0.550. The van der Waals surface area contributed by atoms with Crippen molar-refractivity contribution in [2.24, 2.45) is 0 Å². The zero-order chi connectivity index (χ0) is 27.4. The van der Waals surface area contributed by atoms with E-state index in [0.29, 0.717) is 18.1 Å². The molecule has 38 heavy (non-hydrogen) atoms. The molecule has 2 heterocycles. The maximum absolute atomic E-state index is 13.2. The Morgan fingerprint density at radius 1 is 1.05 bits per heavy atom. The van der Waals surface area contributed by atoms with Crippen molar-refractivity contribution in [2.75, 3.05) is 20.8 Å². The van der Waals surface area contributed by atoms with E-state index < -0.39 is 23.3 Å². The van der Waals surface area contributed by atoms with Crippen molar-refractivity contribution >= 4 is 17.7 Å². The second-order valence-corrected chi connectivity index (χ2v) is 9.12. The number of nitrogens with zero attached hydrogens (tertiary/aromatic N) is 3. The summed E-state index contributed by atoms with van der Waals surface area (Å²) in [6.07, 6.45) is 0. The number of carbonyl (C=O) groups is 3. The van der Waals surface area contributed by atoms with Gasteiger partial charge < -0.3 is 25.0 Å². The van der Waals surface area contributed by atoms with Crippen LogP contribution in [0, 0.1) is 5.82 Å². The third-order valence-corrected chi connectivity index (χ3v) is 6.57. The van der Waals surface area contributed by atoms with Crippen LogP contribution in [0.5, 0.6) is 11.5 Å². The van der Waals surface area contributed by atoms with Gasteiger partial charge in [0.05, 0.1) is 20.3 Å². The first-order chi connectivity index (χ1) is 18.2. The normalized spacial score (nSPS) is 16.6. The van der Waals surface area contributed by atoms with Gasteiger partial charge in [-0.1, -0.05) is 18.2 Å². The summed E-state index contributed by atoms with van der Waals surface area (Å²) in [4.78, 5) is 40.4. The molecule has 0 fully saturated rings. The molecular weight excluding hydrogens is 493 g/mol. The quantitative estimate of drug-likeness (QED) is 0.446. The Kier molecular flexibility index (Phi) is 7.65. The van der Waals surface area contributed by atoms with E-state index in [4.69, 9.17) is 9.47 Å². The Bertz CT molecular complexity index is 1360. The van der Waals surface area contributed by atoms with Crippen LogP contribution in [0.4, 0.5) is 4.39 Å². The molecule has 2 aromatic carbocycles. The summed E-state index contributed by atoms with van der Waals surface area (Å²) in [5.74, 6) is -0.484. The Labute approximate surface area is 219 Å². The van der Waals surface area contributed by atoms with Crippen LogP contribution in [0.15, 0.2) is 48.5 Å². The number of aromatic nitrogens is 2. The summed E-state index contributed by atoms with van der Waals surface area (Å²) < 4.78 is 25.4. The van der Waals surface area contributed by atoms with Crippen LogP contribution in [0.2, 0.25) is 0 Å². The fourth-order valence-corrected chi connectivity index (χ4v) is 4.19.